The number of phenols is 1. The smallest absolute Gasteiger partial charge is 0.134 e. The van der Waals surface area contributed by atoms with Gasteiger partial charge in [0, 0.05) is 6.04 Å². The molecule has 2 rings (SSSR count). The van der Waals surface area contributed by atoms with E-state index in [1.54, 1.807) is 6.07 Å². The Morgan fingerprint density at radius 1 is 1.33 bits per heavy atom. The zero-order valence-corrected chi connectivity index (χ0v) is 9.94. The summed E-state index contributed by atoms with van der Waals surface area (Å²) in [4.78, 5) is 0. The van der Waals surface area contributed by atoms with Crippen molar-refractivity contribution in [2.45, 2.75) is 25.3 Å². The summed E-state index contributed by atoms with van der Waals surface area (Å²) >= 11 is 5.86. The van der Waals surface area contributed by atoms with Crippen molar-refractivity contribution in [3.63, 3.8) is 0 Å². The first-order chi connectivity index (χ1) is 6.77. The maximum absolute atomic E-state index is 9.29. The molecule has 1 aromatic carbocycles. The number of phenolic OH excluding ortho intramolecular Hbond substituents is 1. The molecule has 84 valence electrons. The number of piperidine rings is 1. The van der Waals surface area contributed by atoms with Crippen LogP contribution >= 0.6 is 24.0 Å². The second-order valence-electron chi connectivity index (χ2n) is 3.71. The van der Waals surface area contributed by atoms with Crippen molar-refractivity contribution < 1.29 is 5.11 Å². The molecule has 1 aliphatic heterocycles. The van der Waals surface area contributed by atoms with E-state index in [2.05, 4.69) is 5.32 Å². The Balaban J connectivity index is 0.00000112. The van der Waals surface area contributed by atoms with Gasteiger partial charge in [0.2, 0.25) is 0 Å². The number of rotatable bonds is 1. The van der Waals surface area contributed by atoms with Gasteiger partial charge in [-0.3, -0.25) is 0 Å². The van der Waals surface area contributed by atoms with E-state index in [-0.39, 0.29) is 18.2 Å². The van der Waals surface area contributed by atoms with Gasteiger partial charge in [0.15, 0.2) is 0 Å². The van der Waals surface area contributed by atoms with Gasteiger partial charge in [-0.2, -0.15) is 0 Å². The quantitative estimate of drug-likeness (QED) is 0.799. The summed E-state index contributed by atoms with van der Waals surface area (Å²) in [6.45, 7) is 1.07. The number of benzene rings is 1. The Morgan fingerprint density at radius 3 is 2.73 bits per heavy atom. The number of hydrogen-bond acceptors (Lipinski definition) is 2. The van der Waals surface area contributed by atoms with Crippen LogP contribution < -0.4 is 5.32 Å². The third-order valence-electron chi connectivity index (χ3n) is 2.68. The summed E-state index contributed by atoms with van der Waals surface area (Å²) in [6, 6.07) is 5.85. The van der Waals surface area contributed by atoms with E-state index in [1.807, 2.05) is 12.1 Å². The van der Waals surface area contributed by atoms with Gasteiger partial charge in [0.1, 0.15) is 5.75 Å². The Labute approximate surface area is 101 Å². The molecule has 0 spiro atoms. The van der Waals surface area contributed by atoms with Crippen LogP contribution in [0.3, 0.4) is 0 Å². The SMILES string of the molecule is Cl.Oc1ccc([C@H]2CCCCN2)cc1Cl. The molecular weight excluding hydrogens is 233 g/mol. The van der Waals surface area contributed by atoms with Crippen molar-refractivity contribution >= 4 is 24.0 Å². The van der Waals surface area contributed by atoms with Gasteiger partial charge in [-0.1, -0.05) is 24.1 Å². The fourth-order valence-electron chi connectivity index (χ4n) is 1.88. The molecule has 0 saturated carbocycles. The van der Waals surface area contributed by atoms with Crippen molar-refractivity contribution in [3.05, 3.63) is 28.8 Å². The Kier molecular flexibility index (Phi) is 4.71. The molecule has 0 bridgehead atoms. The second-order valence-corrected chi connectivity index (χ2v) is 4.12. The average molecular weight is 248 g/mol. The summed E-state index contributed by atoms with van der Waals surface area (Å²) in [7, 11) is 0. The van der Waals surface area contributed by atoms with Crippen LogP contribution in [0, 0.1) is 0 Å². The van der Waals surface area contributed by atoms with Gasteiger partial charge >= 0.3 is 0 Å². The van der Waals surface area contributed by atoms with Gasteiger partial charge < -0.3 is 10.4 Å². The van der Waals surface area contributed by atoms with Gasteiger partial charge in [0.25, 0.3) is 0 Å². The molecule has 1 heterocycles. The molecule has 0 aromatic heterocycles. The summed E-state index contributed by atoms with van der Waals surface area (Å²) in [5.41, 5.74) is 1.17. The second kappa shape index (κ2) is 5.59. The van der Waals surface area contributed by atoms with Crippen molar-refractivity contribution in [2.24, 2.45) is 0 Å². The van der Waals surface area contributed by atoms with E-state index in [4.69, 9.17) is 11.6 Å². The zero-order valence-electron chi connectivity index (χ0n) is 8.37. The maximum atomic E-state index is 9.29. The first-order valence-electron chi connectivity index (χ1n) is 4.99. The molecule has 0 amide bonds. The number of aromatic hydroxyl groups is 1. The van der Waals surface area contributed by atoms with Gasteiger partial charge in [-0.25, -0.2) is 0 Å². The maximum Gasteiger partial charge on any atom is 0.134 e. The third kappa shape index (κ3) is 3.00. The lowest BCUT2D eigenvalue weighted by Crippen LogP contribution is -2.26. The number of halogens is 2. The van der Waals surface area contributed by atoms with Crippen molar-refractivity contribution in [3.8, 4) is 5.75 Å². The molecular formula is C11H15Cl2NO. The van der Waals surface area contributed by atoms with E-state index >= 15 is 0 Å². The van der Waals surface area contributed by atoms with E-state index in [9.17, 15) is 5.11 Å². The minimum atomic E-state index is 0. The Morgan fingerprint density at radius 2 is 2.13 bits per heavy atom. The van der Waals surface area contributed by atoms with Crippen LogP contribution in [-0.4, -0.2) is 11.7 Å². The molecule has 1 aliphatic rings. The van der Waals surface area contributed by atoms with Crippen LogP contribution in [0.25, 0.3) is 0 Å². The molecule has 1 atom stereocenters. The van der Waals surface area contributed by atoms with Crippen LogP contribution in [0.4, 0.5) is 0 Å². The van der Waals surface area contributed by atoms with Crippen molar-refractivity contribution in [2.75, 3.05) is 6.54 Å². The van der Waals surface area contributed by atoms with Gasteiger partial charge in [-0.15, -0.1) is 12.4 Å². The van der Waals surface area contributed by atoms with Crippen LogP contribution in [0.1, 0.15) is 30.9 Å². The topological polar surface area (TPSA) is 32.3 Å². The van der Waals surface area contributed by atoms with E-state index in [0.717, 1.165) is 13.0 Å². The van der Waals surface area contributed by atoms with Crippen LogP contribution in [0.15, 0.2) is 18.2 Å². The predicted octanol–water partition coefficient (Wildman–Crippen LogP) is 3.28. The molecule has 0 unspecified atom stereocenters. The summed E-state index contributed by atoms with van der Waals surface area (Å²) in [5.74, 6) is 0.159. The van der Waals surface area contributed by atoms with Crippen molar-refractivity contribution in [1.29, 1.82) is 0 Å². The number of nitrogens with one attached hydrogen (secondary N) is 1. The molecule has 1 aromatic rings. The third-order valence-corrected chi connectivity index (χ3v) is 2.99. The highest BCUT2D eigenvalue weighted by Gasteiger charge is 2.15. The monoisotopic (exact) mass is 247 g/mol. The lowest BCUT2D eigenvalue weighted by atomic mass is 9.97. The lowest BCUT2D eigenvalue weighted by molar-refractivity contribution is 0.411. The molecule has 0 radical (unpaired) electrons. The normalized spacial score (nSPS) is 20.7. The zero-order chi connectivity index (χ0) is 9.97. The highest BCUT2D eigenvalue weighted by Crippen LogP contribution is 2.29. The summed E-state index contributed by atoms with van der Waals surface area (Å²) in [6.07, 6.45) is 3.67. The predicted molar refractivity (Wildman–Crippen MR) is 65.0 cm³/mol. The molecule has 2 N–H and O–H groups in total. The minimum absolute atomic E-state index is 0. The van der Waals surface area contributed by atoms with E-state index in [1.165, 1.54) is 18.4 Å². The summed E-state index contributed by atoms with van der Waals surface area (Å²) < 4.78 is 0. The van der Waals surface area contributed by atoms with Crippen LogP contribution in [-0.2, 0) is 0 Å². The minimum Gasteiger partial charge on any atom is -0.506 e. The van der Waals surface area contributed by atoms with Gasteiger partial charge in [0.05, 0.1) is 5.02 Å². The van der Waals surface area contributed by atoms with E-state index in [0.29, 0.717) is 11.1 Å². The fourth-order valence-corrected chi connectivity index (χ4v) is 2.07. The highest BCUT2D eigenvalue weighted by atomic mass is 35.5. The molecule has 4 heteroatoms. The number of hydrogen-bond donors (Lipinski definition) is 2. The first kappa shape index (κ1) is 12.6. The fraction of sp³-hybridized carbons (Fsp3) is 0.455. The van der Waals surface area contributed by atoms with Crippen molar-refractivity contribution in [1.82, 2.24) is 5.32 Å². The van der Waals surface area contributed by atoms with Crippen LogP contribution in [0.2, 0.25) is 5.02 Å². The van der Waals surface area contributed by atoms with Gasteiger partial charge in [-0.05, 0) is 37.1 Å². The molecule has 1 saturated heterocycles. The lowest BCUT2D eigenvalue weighted by Gasteiger charge is -2.24. The average Bonchev–Trinajstić information content (AvgIpc) is 2.23. The standard InChI is InChI=1S/C11H14ClNO.ClH/c12-9-7-8(4-5-11(9)14)10-3-1-2-6-13-10;/h4-5,7,10,13-14H,1-3,6H2;1H/t10-;/m1./s1. The molecule has 15 heavy (non-hydrogen) atoms. The Hall–Kier alpha value is -0.440. The Bertz CT molecular complexity index is 324. The largest absolute Gasteiger partial charge is 0.506 e. The molecule has 2 nitrogen and oxygen atoms in total. The van der Waals surface area contributed by atoms with Crippen LogP contribution in [0.5, 0.6) is 5.75 Å². The first-order valence-corrected chi connectivity index (χ1v) is 5.37. The molecule has 1 fully saturated rings. The highest BCUT2D eigenvalue weighted by molar-refractivity contribution is 6.32. The van der Waals surface area contributed by atoms with E-state index < -0.39 is 0 Å². The molecule has 0 aliphatic carbocycles. The summed E-state index contributed by atoms with van der Waals surface area (Å²) in [5, 5.41) is 13.2.